The average molecular weight is 364 g/mol. The predicted octanol–water partition coefficient (Wildman–Crippen LogP) is 3.63. The Kier molecular flexibility index (Phi) is 5.84. The first-order valence-electron chi connectivity index (χ1n) is 8.46. The number of aromatic nitrogens is 2. The summed E-state index contributed by atoms with van der Waals surface area (Å²) in [7, 11) is 1.62. The summed E-state index contributed by atoms with van der Waals surface area (Å²) in [4.78, 5) is 11.4. The monoisotopic (exact) mass is 364 g/mol. The van der Waals surface area contributed by atoms with Gasteiger partial charge in [0.15, 0.2) is 0 Å². The van der Waals surface area contributed by atoms with Crippen LogP contribution in [0, 0.1) is 0 Å². The molecule has 7 nitrogen and oxygen atoms in total. The molecule has 0 aliphatic heterocycles. The molecule has 1 N–H and O–H groups in total. The number of para-hydroxylation sites is 1. The smallest absolute Gasteiger partial charge is 0.427 e. The minimum Gasteiger partial charge on any atom is -0.497 e. The number of hydrazone groups is 1. The first-order valence-corrected chi connectivity index (χ1v) is 8.46. The number of carbonyl (C=O) groups excluding carboxylic acids is 1. The third-order valence-electron chi connectivity index (χ3n) is 3.76. The highest BCUT2D eigenvalue weighted by molar-refractivity contribution is 5.89. The SMILES string of the molecule is CCOC(=O)NN=Cc1cn(-c2ccccc2)nc1-c1ccc(OC)cc1. The van der Waals surface area contributed by atoms with Crippen LogP contribution in [-0.4, -0.2) is 35.8 Å². The number of carbonyl (C=O) groups is 1. The maximum absolute atomic E-state index is 11.4. The number of hydrogen-bond acceptors (Lipinski definition) is 5. The molecule has 0 atom stereocenters. The highest BCUT2D eigenvalue weighted by atomic mass is 16.5. The van der Waals surface area contributed by atoms with Crippen molar-refractivity contribution in [3.8, 4) is 22.7 Å². The van der Waals surface area contributed by atoms with E-state index in [9.17, 15) is 4.79 Å². The van der Waals surface area contributed by atoms with Crippen molar-refractivity contribution in [2.24, 2.45) is 5.10 Å². The molecule has 0 aliphatic rings. The lowest BCUT2D eigenvalue weighted by Crippen LogP contribution is -2.18. The number of nitrogens with one attached hydrogen (secondary N) is 1. The largest absolute Gasteiger partial charge is 0.497 e. The van der Waals surface area contributed by atoms with Gasteiger partial charge in [-0.2, -0.15) is 10.2 Å². The Morgan fingerprint density at radius 2 is 1.93 bits per heavy atom. The zero-order valence-electron chi connectivity index (χ0n) is 15.1. The summed E-state index contributed by atoms with van der Waals surface area (Å²) in [6.45, 7) is 2.01. The van der Waals surface area contributed by atoms with Crippen molar-refractivity contribution in [3.63, 3.8) is 0 Å². The second-order valence-electron chi connectivity index (χ2n) is 5.53. The van der Waals surface area contributed by atoms with Gasteiger partial charge in [-0.3, -0.25) is 0 Å². The molecule has 0 fully saturated rings. The molecule has 0 saturated heterocycles. The van der Waals surface area contributed by atoms with E-state index in [2.05, 4.69) is 15.6 Å². The third-order valence-corrected chi connectivity index (χ3v) is 3.76. The average Bonchev–Trinajstić information content (AvgIpc) is 3.13. The standard InChI is InChI=1S/C20H20N4O3/c1-3-27-20(25)22-21-13-16-14-24(17-7-5-4-6-8-17)23-19(16)15-9-11-18(26-2)12-10-15/h4-14H,3H2,1-2H3,(H,22,25). The van der Waals surface area contributed by atoms with Crippen molar-refractivity contribution >= 4 is 12.3 Å². The second kappa shape index (κ2) is 8.66. The van der Waals surface area contributed by atoms with Gasteiger partial charge in [-0.15, -0.1) is 0 Å². The normalized spacial score (nSPS) is 10.7. The van der Waals surface area contributed by atoms with Crippen molar-refractivity contribution in [1.82, 2.24) is 15.2 Å². The fourth-order valence-corrected chi connectivity index (χ4v) is 2.49. The lowest BCUT2D eigenvalue weighted by molar-refractivity contribution is 0.152. The molecule has 0 aliphatic carbocycles. The second-order valence-corrected chi connectivity index (χ2v) is 5.53. The molecule has 3 aromatic rings. The minimum absolute atomic E-state index is 0.282. The van der Waals surface area contributed by atoms with E-state index >= 15 is 0 Å². The van der Waals surface area contributed by atoms with Crippen LogP contribution in [0.2, 0.25) is 0 Å². The lowest BCUT2D eigenvalue weighted by atomic mass is 10.1. The molecule has 3 rings (SSSR count). The summed E-state index contributed by atoms with van der Waals surface area (Å²) in [6, 6.07) is 17.3. The van der Waals surface area contributed by atoms with Crippen molar-refractivity contribution in [2.75, 3.05) is 13.7 Å². The first kappa shape index (κ1) is 18.2. The zero-order valence-corrected chi connectivity index (χ0v) is 15.1. The molecule has 7 heteroatoms. The van der Waals surface area contributed by atoms with E-state index in [4.69, 9.17) is 9.47 Å². The molecule has 0 radical (unpaired) electrons. The molecular weight excluding hydrogens is 344 g/mol. The Balaban J connectivity index is 1.94. The number of rotatable bonds is 6. The summed E-state index contributed by atoms with van der Waals surface area (Å²) in [5.74, 6) is 0.764. The first-order chi connectivity index (χ1) is 13.2. The van der Waals surface area contributed by atoms with E-state index in [0.717, 1.165) is 28.3 Å². The molecule has 1 heterocycles. The predicted molar refractivity (Wildman–Crippen MR) is 103 cm³/mol. The van der Waals surface area contributed by atoms with Gasteiger partial charge in [0.25, 0.3) is 0 Å². The summed E-state index contributed by atoms with van der Waals surface area (Å²) >= 11 is 0. The molecule has 0 spiro atoms. The van der Waals surface area contributed by atoms with Crippen LogP contribution in [0.4, 0.5) is 4.79 Å². The van der Waals surface area contributed by atoms with E-state index in [1.165, 1.54) is 0 Å². The number of methoxy groups -OCH3 is 1. The summed E-state index contributed by atoms with van der Waals surface area (Å²) in [5, 5.41) is 8.64. The van der Waals surface area contributed by atoms with Crippen LogP contribution in [-0.2, 0) is 4.74 Å². The number of amides is 1. The van der Waals surface area contributed by atoms with Crippen LogP contribution in [0.3, 0.4) is 0 Å². The van der Waals surface area contributed by atoms with Gasteiger partial charge in [-0.25, -0.2) is 14.9 Å². The Bertz CT molecular complexity index is 918. The van der Waals surface area contributed by atoms with Gasteiger partial charge in [0.05, 0.1) is 25.6 Å². The van der Waals surface area contributed by atoms with Crippen LogP contribution in [0.15, 0.2) is 65.9 Å². The fourth-order valence-electron chi connectivity index (χ4n) is 2.49. The van der Waals surface area contributed by atoms with E-state index in [0.29, 0.717) is 0 Å². The van der Waals surface area contributed by atoms with Gasteiger partial charge in [0, 0.05) is 17.3 Å². The van der Waals surface area contributed by atoms with Crippen LogP contribution in [0.1, 0.15) is 12.5 Å². The van der Waals surface area contributed by atoms with Crippen molar-refractivity contribution in [1.29, 1.82) is 0 Å². The van der Waals surface area contributed by atoms with Crippen molar-refractivity contribution in [3.05, 3.63) is 66.4 Å². The molecular formula is C20H20N4O3. The van der Waals surface area contributed by atoms with Crippen LogP contribution in [0.25, 0.3) is 16.9 Å². The number of ether oxygens (including phenoxy) is 2. The van der Waals surface area contributed by atoms with Gasteiger partial charge >= 0.3 is 6.09 Å². The Hall–Kier alpha value is -3.61. The molecule has 1 amide bonds. The van der Waals surface area contributed by atoms with E-state index in [1.807, 2.05) is 60.8 Å². The minimum atomic E-state index is -0.602. The zero-order chi connectivity index (χ0) is 19.1. The van der Waals surface area contributed by atoms with Gasteiger partial charge in [-0.05, 0) is 43.3 Å². The summed E-state index contributed by atoms with van der Waals surface area (Å²) < 4.78 is 11.8. The highest BCUT2D eigenvalue weighted by Crippen LogP contribution is 2.24. The molecule has 1 aromatic heterocycles. The van der Waals surface area contributed by atoms with Crippen molar-refractivity contribution < 1.29 is 14.3 Å². The Morgan fingerprint density at radius 3 is 2.59 bits per heavy atom. The number of nitrogens with zero attached hydrogens (tertiary/aromatic N) is 3. The van der Waals surface area contributed by atoms with Crippen LogP contribution < -0.4 is 10.2 Å². The quantitative estimate of drug-likeness (QED) is 0.535. The summed E-state index contributed by atoms with van der Waals surface area (Å²) in [5.41, 5.74) is 5.64. The Morgan fingerprint density at radius 1 is 1.19 bits per heavy atom. The van der Waals surface area contributed by atoms with E-state index < -0.39 is 6.09 Å². The molecule has 0 bridgehead atoms. The fraction of sp³-hybridized carbons (Fsp3) is 0.150. The van der Waals surface area contributed by atoms with E-state index in [-0.39, 0.29) is 6.61 Å². The molecule has 0 unspecified atom stereocenters. The Labute approximate surface area is 157 Å². The maximum Gasteiger partial charge on any atom is 0.427 e. The molecule has 138 valence electrons. The molecule has 0 saturated carbocycles. The summed E-state index contributed by atoms with van der Waals surface area (Å²) in [6.07, 6.45) is 2.80. The van der Waals surface area contributed by atoms with Crippen LogP contribution in [0.5, 0.6) is 5.75 Å². The van der Waals surface area contributed by atoms with Crippen molar-refractivity contribution in [2.45, 2.75) is 6.92 Å². The van der Waals surface area contributed by atoms with Gasteiger partial charge in [0.2, 0.25) is 0 Å². The molecule has 2 aromatic carbocycles. The molecule has 27 heavy (non-hydrogen) atoms. The number of benzene rings is 2. The van der Waals surface area contributed by atoms with Gasteiger partial charge in [-0.1, -0.05) is 18.2 Å². The highest BCUT2D eigenvalue weighted by Gasteiger charge is 2.11. The lowest BCUT2D eigenvalue weighted by Gasteiger charge is -2.02. The van der Waals surface area contributed by atoms with Crippen LogP contribution >= 0.6 is 0 Å². The number of hydrogen-bond donors (Lipinski definition) is 1. The topological polar surface area (TPSA) is 77.7 Å². The maximum atomic E-state index is 11.4. The van der Waals surface area contributed by atoms with Gasteiger partial charge < -0.3 is 9.47 Å². The van der Waals surface area contributed by atoms with E-state index in [1.54, 1.807) is 24.9 Å². The third kappa shape index (κ3) is 4.52. The van der Waals surface area contributed by atoms with Gasteiger partial charge in [0.1, 0.15) is 11.4 Å².